The number of carbonyl (C=O) groups is 2. The largest absolute Gasteiger partial charge is 0.462 e. The molecule has 0 aliphatic rings. The van der Waals surface area contributed by atoms with E-state index >= 15 is 0 Å². The van der Waals surface area contributed by atoms with Crippen molar-refractivity contribution >= 4 is 11.9 Å². The minimum Gasteiger partial charge on any atom is -0.462 e. The molecule has 6 nitrogen and oxygen atoms in total. The average Bonchev–Trinajstić information content (AvgIpc) is 3.22. The third-order valence-electron chi connectivity index (χ3n) is 11.8. The Labute approximate surface area is 361 Å². The van der Waals surface area contributed by atoms with Crippen LogP contribution in [0.3, 0.4) is 0 Å². The van der Waals surface area contributed by atoms with Crippen molar-refractivity contribution < 1.29 is 24.5 Å². The van der Waals surface area contributed by atoms with Crippen LogP contribution in [0.5, 0.6) is 0 Å². The van der Waals surface area contributed by atoms with Crippen LogP contribution in [-0.2, 0) is 14.3 Å². The first-order chi connectivity index (χ1) is 28.5. The lowest BCUT2D eigenvalue weighted by Crippen LogP contribution is -2.46. The third-order valence-corrected chi connectivity index (χ3v) is 11.8. The topological polar surface area (TPSA) is 95.9 Å². The summed E-state index contributed by atoms with van der Waals surface area (Å²) in [6.07, 6.45) is 52.4. The van der Waals surface area contributed by atoms with Crippen molar-refractivity contribution in [2.24, 2.45) is 0 Å². The van der Waals surface area contributed by atoms with Crippen molar-refractivity contribution in [1.29, 1.82) is 0 Å². The Bertz CT molecular complexity index is 919. The van der Waals surface area contributed by atoms with Crippen LogP contribution in [0.25, 0.3) is 0 Å². The number of aliphatic hydroxyl groups is 2. The molecule has 0 aliphatic heterocycles. The molecule has 0 heterocycles. The molecule has 58 heavy (non-hydrogen) atoms. The van der Waals surface area contributed by atoms with E-state index in [9.17, 15) is 19.8 Å². The number of carbonyl (C=O) groups excluding carboxylic acids is 2. The molecule has 1 amide bonds. The zero-order valence-corrected chi connectivity index (χ0v) is 38.9. The standard InChI is InChI=1S/C52H99NO5/c1-4-7-10-13-16-19-22-24-25-26-27-30-33-36-39-42-45-52(57)58-48(43-40-37-34-31-29-23-20-17-14-11-8-5-2)46-51(56)53-49(47-54)50(55)44-41-38-35-32-28-21-18-15-12-9-6-3/h8,11,17,20,48-50,54-55H,4-7,9-10,12-16,18-19,21-47H2,1-3H3,(H,53,56)/b11-8+,20-17+. The smallest absolute Gasteiger partial charge is 0.306 e. The molecule has 3 unspecified atom stereocenters. The minimum absolute atomic E-state index is 0.0731. The van der Waals surface area contributed by atoms with E-state index < -0.39 is 18.2 Å². The average molecular weight is 818 g/mol. The van der Waals surface area contributed by atoms with Gasteiger partial charge in [-0.25, -0.2) is 0 Å². The van der Waals surface area contributed by atoms with E-state index in [1.54, 1.807) is 0 Å². The van der Waals surface area contributed by atoms with Crippen LogP contribution in [-0.4, -0.2) is 46.9 Å². The van der Waals surface area contributed by atoms with Crippen LogP contribution < -0.4 is 5.32 Å². The predicted molar refractivity (Wildman–Crippen MR) is 250 cm³/mol. The lowest BCUT2D eigenvalue weighted by atomic mass is 10.0. The highest BCUT2D eigenvalue weighted by atomic mass is 16.5. The number of allylic oxidation sites excluding steroid dienone is 4. The second kappa shape index (κ2) is 46.4. The molecule has 3 atom stereocenters. The van der Waals surface area contributed by atoms with Gasteiger partial charge >= 0.3 is 5.97 Å². The number of ether oxygens (including phenoxy) is 1. The van der Waals surface area contributed by atoms with E-state index in [-0.39, 0.29) is 24.9 Å². The van der Waals surface area contributed by atoms with Gasteiger partial charge in [0.25, 0.3) is 0 Å². The zero-order valence-electron chi connectivity index (χ0n) is 38.9. The number of aliphatic hydroxyl groups excluding tert-OH is 2. The second-order valence-electron chi connectivity index (χ2n) is 17.5. The molecule has 0 fully saturated rings. The fourth-order valence-electron chi connectivity index (χ4n) is 7.94. The van der Waals surface area contributed by atoms with Crippen LogP contribution in [0.1, 0.15) is 271 Å². The summed E-state index contributed by atoms with van der Waals surface area (Å²) < 4.78 is 5.93. The molecule has 0 aromatic heterocycles. The summed E-state index contributed by atoms with van der Waals surface area (Å²) in [6.45, 7) is 6.38. The SMILES string of the molecule is CC/C=C/C/C=C/CCCCCCCC(CC(=O)NC(CO)C(O)CCCCCCCCCCCCC)OC(=O)CCCCCCCCCCCCCCCCCC. The Hall–Kier alpha value is -1.66. The van der Waals surface area contributed by atoms with Gasteiger partial charge in [-0.2, -0.15) is 0 Å². The van der Waals surface area contributed by atoms with Crippen LogP contribution in [0.2, 0.25) is 0 Å². The number of unbranched alkanes of at least 4 members (excludes halogenated alkanes) is 30. The molecular weight excluding hydrogens is 719 g/mol. The van der Waals surface area contributed by atoms with Crippen molar-refractivity contribution in [3.8, 4) is 0 Å². The molecule has 0 radical (unpaired) electrons. The summed E-state index contributed by atoms with van der Waals surface area (Å²) in [4.78, 5) is 26.1. The van der Waals surface area contributed by atoms with E-state index in [1.807, 2.05) is 0 Å². The van der Waals surface area contributed by atoms with Crippen LogP contribution in [0.4, 0.5) is 0 Å². The lowest BCUT2D eigenvalue weighted by molar-refractivity contribution is -0.151. The quantitative estimate of drug-likeness (QED) is 0.0323. The predicted octanol–water partition coefficient (Wildman–Crippen LogP) is 15.1. The molecule has 0 aromatic rings. The highest BCUT2D eigenvalue weighted by molar-refractivity contribution is 5.77. The second-order valence-corrected chi connectivity index (χ2v) is 17.5. The van der Waals surface area contributed by atoms with E-state index in [0.29, 0.717) is 19.3 Å². The van der Waals surface area contributed by atoms with E-state index in [1.165, 1.54) is 148 Å². The monoisotopic (exact) mass is 818 g/mol. The van der Waals surface area contributed by atoms with Crippen molar-refractivity contribution in [2.45, 2.75) is 289 Å². The minimum atomic E-state index is -0.786. The number of amides is 1. The number of hydrogen-bond acceptors (Lipinski definition) is 5. The summed E-state index contributed by atoms with van der Waals surface area (Å²) in [7, 11) is 0. The van der Waals surface area contributed by atoms with Crippen molar-refractivity contribution in [3.63, 3.8) is 0 Å². The van der Waals surface area contributed by atoms with Gasteiger partial charge in [0, 0.05) is 6.42 Å². The normalized spacial score (nSPS) is 13.4. The van der Waals surface area contributed by atoms with Gasteiger partial charge < -0.3 is 20.3 Å². The molecule has 0 saturated carbocycles. The summed E-state index contributed by atoms with van der Waals surface area (Å²) in [5.74, 6) is -0.475. The van der Waals surface area contributed by atoms with Crippen LogP contribution in [0.15, 0.2) is 24.3 Å². The van der Waals surface area contributed by atoms with Gasteiger partial charge in [-0.1, -0.05) is 231 Å². The molecule has 0 bridgehead atoms. The maximum Gasteiger partial charge on any atom is 0.306 e. The molecule has 0 aromatic carbocycles. The van der Waals surface area contributed by atoms with E-state index in [4.69, 9.17) is 4.74 Å². The fraction of sp³-hybridized carbons (Fsp3) is 0.885. The van der Waals surface area contributed by atoms with Gasteiger partial charge in [-0.05, 0) is 51.4 Å². The summed E-state index contributed by atoms with van der Waals surface area (Å²) >= 11 is 0. The molecule has 342 valence electrons. The Morgan fingerprint density at radius 1 is 0.517 bits per heavy atom. The Balaban J connectivity index is 4.52. The van der Waals surface area contributed by atoms with Gasteiger partial charge in [-0.3, -0.25) is 9.59 Å². The molecule has 0 saturated heterocycles. The van der Waals surface area contributed by atoms with Crippen LogP contribution in [0, 0.1) is 0 Å². The van der Waals surface area contributed by atoms with E-state index in [2.05, 4.69) is 50.4 Å². The summed E-state index contributed by atoms with van der Waals surface area (Å²) in [6, 6.07) is -0.700. The van der Waals surface area contributed by atoms with E-state index in [0.717, 1.165) is 77.0 Å². The van der Waals surface area contributed by atoms with Gasteiger partial charge in [0.2, 0.25) is 5.91 Å². The lowest BCUT2D eigenvalue weighted by Gasteiger charge is -2.24. The molecule has 0 aliphatic carbocycles. The van der Waals surface area contributed by atoms with Crippen LogP contribution >= 0.6 is 0 Å². The maximum atomic E-state index is 13.2. The summed E-state index contributed by atoms with van der Waals surface area (Å²) in [5.41, 5.74) is 0. The highest BCUT2D eigenvalue weighted by Gasteiger charge is 2.24. The molecule has 0 spiro atoms. The number of hydrogen-bond donors (Lipinski definition) is 3. The first-order valence-electron chi connectivity index (χ1n) is 25.6. The Kier molecular flexibility index (Phi) is 45.1. The van der Waals surface area contributed by atoms with Gasteiger partial charge in [0.1, 0.15) is 6.10 Å². The Morgan fingerprint density at radius 2 is 0.931 bits per heavy atom. The first kappa shape index (κ1) is 56.3. The fourth-order valence-corrected chi connectivity index (χ4v) is 7.94. The summed E-state index contributed by atoms with van der Waals surface area (Å²) in [5, 5.41) is 23.7. The van der Waals surface area contributed by atoms with Gasteiger partial charge in [-0.15, -0.1) is 0 Å². The highest BCUT2D eigenvalue weighted by Crippen LogP contribution is 2.18. The maximum absolute atomic E-state index is 13.2. The van der Waals surface area contributed by atoms with Gasteiger partial charge in [0.15, 0.2) is 0 Å². The molecule has 6 heteroatoms. The van der Waals surface area contributed by atoms with Crippen molar-refractivity contribution in [1.82, 2.24) is 5.32 Å². The number of esters is 1. The first-order valence-corrected chi connectivity index (χ1v) is 25.6. The zero-order chi connectivity index (χ0) is 42.4. The molecular formula is C52H99NO5. The molecule has 0 rings (SSSR count). The number of rotatable bonds is 46. The van der Waals surface area contributed by atoms with Crippen molar-refractivity contribution in [3.05, 3.63) is 24.3 Å². The third kappa shape index (κ3) is 41.1. The van der Waals surface area contributed by atoms with Gasteiger partial charge in [0.05, 0.1) is 25.2 Å². The number of nitrogens with one attached hydrogen (secondary N) is 1. The molecule has 3 N–H and O–H groups in total. The Morgan fingerprint density at radius 3 is 1.40 bits per heavy atom. The van der Waals surface area contributed by atoms with Crippen molar-refractivity contribution in [2.75, 3.05) is 6.61 Å².